The summed E-state index contributed by atoms with van der Waals surface area (Å²) in [5, 5.41) is 7.44. The molecule has 2 aromatic rings. The second-order valence-electron chi connectivity index (χ2n) is 5.67. The van der Waals surface area contributed by atoms with Crippen LogP contribution in [0.5, 0.6) is 0 Å². The van der Waals surface area contributed by atoms with Crippen molar-refractivity contribution in [2.45, 2.75) is 32.1 Å². The Labute approximate surface area is 126 Å². The van der Waals surface area contributed by atoms with Gasteiger partial charge < -0.3 is 9.88 Å². The van der Waals surface area contributed by atoms with E-state index >= 15 is 0 Å². The zero-order valence-corrected chi connectivity index (χ0v) is 12.3. The Morgan fingerprint density at radius 1 is 1.41 bits per heavy atom. The lowest BCUT2D eigenvalue weighted by Crippen LogP contribution is -2.30. The summed E-state index contributed by atoms with van der Waals surface area (Å²) in [4.78, 5) is 3.69. The van der Waals surface area contributed by atoms with E-state index in [1.54, 1.807) is 15.4 Å². The minimum Gasteiger partial charge on any atom is -0.334 e. The zero-order chi connectivity index (χ0) is 15.7. The second-order valence-corrected chi connectivity index (χ2v) is 5.67. The average Bonchev–Trinajstić information content (AvgIpc) is 3.04. The number of halogens is 3. The first-order valence-corrected chi connectivity index (χ1v) is 7.24. The number of alkyl halides is 3. The van der Waals surface area contributed by atoms with Crippen molar-refractivity contribution in [2.24, 2.45) is 13.0 Å². The third-order valence-electron chi connectivity index (χ3n) is 4.04. The highest BCUT2D eigenvalue weighted by molar-refractivity contribution is 5.10. The third kappa shape index (κ3) is 3.16. The Kier molecular flexibility index (Phi) is 3.94. The molecule has 0 radical (unpaired) electrons. The third-order valence-corrected chi connectivity index (χ3v) is 4.04. The summed E-state index contributed by atoms with van der Waals surface area (Å²) >= 11 is 0. The van der Waals surface area contributed by atoms with Crippen molar-refractivity contribution in [2.75, 3.05) is 6.54 Å². The van der Waals surface area contributed by atoms with E-state index in [2.05, 4.69) is 15.4 Å². The Morgan fingerprint density at radius 3 is 2.91 bits per heavy atom. The smallest absolute Gasteiger partial charge is 0.334 e. The summed E-state index contributed by atoms with van der Waals surface area (Å²) in [5.41, 5.74) is 0.296. The summed E-state index contributed by atoms with van der Waals surface area (Å²) in [7, 11) is 1.88. The van der Waals surface area contributed by atoms with Gasteiger partial charge in [0, 0.05) is 45.5 Å². The predicted molar refractivity (Wildman–Crippen MR) is 74.0 cm³/mol. The minimum absolute atomic E-state index is 0.316. The molecule has 8 heteroatoms. The summed E-state index contributed by atoms with van der Waals surface area (Å²) < 4.78 is 41.5. The Bertz CT molecular complexity index is 643. The lowest BCUT2D eigenvalue weighted by Gasteiger charge is -2.24. The van der Waals surface area contributed by atoms with Crippen molar-refractivity contribution < 1.29 is 13.2 Å². The van der Waals surface area contributed by atoms with Gasteiger partial charge in [0.25, 0.3) is 0 Å². The van der Waals surface area contributed by atoms with Gasteiger partial charge in [-0.15, -0.1) is 0 Å². The number of aryl methyl sites for hydroxylation is 2. The monoisotopic (exact) mass is 313 g/mol. The highest BCUT2D eigenvalue weighted by Gasteiger charge is 2.35. The van der Waals surface area contributed by atoms with Crippen LogP contribution < -0.4 is 5.32 Å². The molecule has 0 bridgehead atoms. The molecular weight excluding hydrogens is 295 g/mol. The molecule has 0 spiro atoms. The first-order valence-electron chi connectivity index (χ1n) is 7.24. The lowest BCUT2D eigenvalue weighted by atomic mass is 9.99. The van der Waals surface area contributed by atoms with Gasteiger partial charge in [0.1, 0.15) is 5.82 Å². The fourth-order valence-corrected chi connectivity index (χ4v) is 2.80. The SMILES string of the molecule is Cn1nccc1CNC[C@@H]1CCc2nc(C(F)(F)F)cn2C1. The number of fused-ring (bicyclic) bond motifs is 1. The molecule has 0 saturated carbocycles. The number of aromatic nitrogens is 4. The zero-order valence-electron chi connectivity index (χ0n) is 12.3. The van der Waals surface area contributed by atoms with Crippen LogP contribution in [-0.4, -0.2) is 25.9 Å². The summed E-state index contributed by atoms with van der Waals surface area (Å²) in [6, 6.07) is 1.94. The van der Waals surface area contributed by atoms with E-state index in [0.29, 0.717) is 31.3 Å². The van der Waals surface area contributed by atoms with E-state index in [1.807, 2.05) is 13.1 Å². The molecule has 1 aliphatic heterocycles. The van der Waals surface area contributed by atoms with Gasteiger partial charge in [0.05, 0.1) is 5.69 Å². The number of rotatable bonds is 4. The van der Waals surface area contributed by atoms with E-state index in [4.69, 9.17) is 0 Å². The van der Waals surface area contributed by atoms with Gasteiger partial charge in [-0.3, -0.25) is 4.68 Å². The minimum atomic E-state index is -4.36. The van der Waals surface area contributed by atoms with Crippen LogP contribution in [0.25, 0.3) is 0 Å². The maximum atomic E-state index is 12.7. The van der Waals surface area contributed by atoms with E-state index in [0.717, 1.165) is 24.9 Å². The molecule has 3 rings (SSSR count). The Balaban J connectivity index is 1.55. The molecular formula is C14H18F3N5. The van der Waals surface area contributed by atoms with Crippen molar-refractivity contribution >= 4 is 0 Å². The van der Waals surface area contributed by atoms with Crippen LogP contribution in [0.3, 0.4) is 0 Å². The maximum Gasteiger partial charge on any atom is 0.434 e. The number of hydrogen-bond acceptors (Lipinski definition) is 3. The topological polar surface area (TPSA) is 47.7 Å². The Morgan fingerprint density at radius 2 is 2.23 bits per heavy atom. The predicted octanol–water partition coefficient (Wildman–Crippen LogP) is 1.99. The molecule has 22 heavy (non-hydrogen) atoms. The van der Waals surface area contributed by atoms with Crippen molar-refractivity contribution in [3.05, 3.63) is 35.7 Å². The largest absolute Gasteiger partial charge is 0.434 e. The summed E-state index contributed by atoms with van der Waals surface area (Å²) in [5.74, 6) is 0.853. The number of hydrogen-bond donors (Lipinski definition) is 1. The Hall–Kier alpha value is -1.83. The molecule has 120 valence electrons. The van der Waals surface area contributed by atoms with Crippen LogP contribution in [0.15, 0.2) is 18.5 Å². The van der Waals surface area contributed by atoms with E-state index in [-0.39, 0.29) is 0 Å². The maximum absolute atomic E-state index is 12.7. The van der Waals surface area contributed by atoms with Crippen LogP contribution in [0.4, 0.5) is 13.2 Å². The lowest BCUT2D eigenvalue weighted by molar-refractivity contribution is -0.141. The van der Waals surface area contributed by atoms with Gasteiger partial charge in [0.2, 0.25) is 0 Å². The average molecular weight is 313 g/mol. The van der Waals surface area contributed by atoms with Gasteiger partial charge in [-0.2, -0.15) is 18.3 Å². The molecule has 0 aliphatic carbocycles. The fraction of sp³-hybridized carbons (Fsp3) is 0.571. The molecule has 1 aliphatic rings. The van der Waals surface area contributed by atoms with Gasteiger partial charge in [-0.05, 0) is 18.4 Å². The molecule has 0 unspecified atom stereocenters. The molecule has 0 saturated heterocycles. The number of imidazole rings is 1. The molecule has 0 fully saturated rings. The number of nitrogens with zero attached hydrogens (tertiary/aromatic N) is 4. The molecule has 1 N–H and O–H groups in total. The summed E-state index contributed by atoms with van der Waals surface area (Å²) in [6.45, 7) is 2.05. The van der Waals surface area contributed by atoms with E-state index < -0.39 is 11.9 Å². The van der Waals surface area contributed by atoms with Crippen LogP contribution in [0, 0.1) is 5.92 Å². The quantitative estimate of drug-likeness (QED) is 0.939. The van der Waals surface area contributed by atoms with Gasteiger partial charge in [-0.1, -0.05) is 0 Å². The van der Waals surface area contributed by atoms with Crippen molar-refractivity contribution in [1.82, 2.24) is 24.6 Å². The molecule has 2 aromatic heterocycles. The van der Waals surface area contributed by atoms with Crippen molar-refractivity contribution in [1.29, 1.82) is 0 Å². The van der Waals surface area contributed by atoms with Gasteiger partial charge in [0.15, 0.2) is 5.69 Å². The first kappa shape index (κ1) is 15.1. The number of nitrogens with one attached hydrogen (secondary N) is 1. The van der Waals surface area contributed by atoms with Crippen LogP contribution in [0.2, 0.25) is 0 Å². The second kappa shape index (κ2) is 5.75. The molecule has 0 amide bonds. The van der Waals surface area contributed by atoms with E-state index in [9.17, 15) is 13.2 Å². The van der Waals surface area contributed by atoms with Crippen molar-refractivity contribution in [3.63, 3.8) is 0 Å². The fourth-order valence-electron chi connectivity index (χ4n) is 2.80. The first-order chi connectivity index (χ1) is 10.4. The molecule has 1 atom stereocenters. The highest BCUT2D eigenvalue weighted by Crippen LogP contribution is 2.30. The standard InChI is InChI=1S/C14H18F3N5/c1-21-11(4-5-19-21)7-18-6-10-2-3-13-20-12(14(15,16)17)9-22(13)8-10/h4-5,9-10,18H,2-3,6-8H2,1H3/t10-/m0/s1. The van der Waals surface area contributed by atoms with Crippen LogP contribution in [-0.2, 0) is 32.7 Å². The summed E-state index contributed by atoms with van der Waals surface area (Å²) in [6.07, 6.45) is -0.0465. The highest BCUT2D eigenvalue weighted by atomic mass is 19.4. The molecule has 3 heterocycles. The van der Waals surface area contributed by atoms with E-state index in [1.165, 1.54) is 0 Å². The molecule has 0 aromatic carbocycles. The molecule has 5 nitrogen and oxygen atoms in total. The van der Waals surface area contributed by atoms with Gasteiger partial charge >= 0.3 is 6.18 Å². The van der Waals surface area contributed by atoms with Crippen LogP contribution >= 0.6 is 0 Å². The normalized spacial score (nSPS) is 18.5. The van der Waals surface area contributed by atoms with Crippen LogP contribution in [0.1, 0.15) is 23.6 Å². The van der Waals surface area contributed by atoms with Gasteiger partial charge in [-0.25, -0.2) is 4.98 Å². The van der Waals surface area contributed by atoms with Crippen molar-refractivity contribution in [3.8, 4) is 0 Å².